The van der Waals surface area contributed by atoms with E-state index in [9.17, 15) is 9.59 Å². The molecule has 0 bridgehead atoms. The van der Waals surface area contributed by atoms with Crippen LogP contribution in [0.5, 0.6) is 0 Å². The van der Waals surface area contributed by atoms with E-state index in [1.165, 1.54) is 9.36 Å². The fourth-order valence-electron chi connectivity index (χ4n) is 3.01. The summed E-state index contributed by atoms with van der Waals surface area (Å²) in [6.45, 7) is 2.21. The van der Waals surface area contributed by atoms with Crippen molar-refractivity contribution in [2.45, 2.75) is 26.5 Å². The first-order chi connectivity index (χ1) is 14.2. The summed E-state index contributed by atoms with van der Waals surface area (Å²) in [5.41, 5.74) is 0.614. The van der Waals surface area contributed by atoms with Crippen LogP contribution < -0.4 is 5.56 Å². The van der Waals surface area contributed by atoms with E-state index < -0.39 is 5.97 Å². The second-order valence-corrected chi connectivity index (χ2v) is 6.34. The maximum atomic E-state index is 12.8. The van der Waals surface area contributed by atoms with Crippen LogP contribution in [0, 0.1) is 0 Å². The van der Waals surface area contributed by atoms with E-state index in [1.54, 1.807) is 24.3 Å². The van der Waals surface area contributed by atoms with E-state index >= 15 is 0 Å². The number of para-hydroxylation sites is 1. The monoisotopic (exact) mass is 390 g/mol. The van der Waals surface area contributed by atoms with E-state index in [2.05, 4.69) is 20.6 Å². The third-order valence-electron chi connectivity index (χ3n) is 4.36. The van der Waals surface area contributed by atoms with Crippen LogP contribution in [0.1, 0.15) is 29.7 Å². The average Bonchev–Trinajstić information content (AvgIpc) is 3.23. The number of benzene rings is 2. The number of aryl methyl sites for hydroxylation is 1. The lowest BCUT2D eigenvalue weighted by atomic mass is 10.1. The predicted octanol–water partition coefficient (Wildman–Crippen LogP) is 2.14. The Labute approximate surface area is 165 Å². The fraction of sp³-hybridized carbons (Fsp3) is 0.200. The van der Waals surface area contributed by atoms with Crippen molar-refractivity contribution in [3.05, 3.63) is 76.5 Å². The van der Waals surface area contributed by atoms with Crippen molar-refractivity contribution in [3.63, 3.8) is 0 Å². The van der Waals surface area contributed by atoms with Gasteiger partial charge in [-0.1, -0.05) is 43.3 Å². The minimum atomic E-state index is -0.645. The Kier molecular flexibility index (Phi) is 5.10. The number of tetrazole rings is 1. The van der Waals surface area contributed by atoms with Gasteiger partial charge < -0.3 is 4.74 Å². The minimum Gasteiger partial charge on any atom is -0.453 e. The molecular formula is C20H18N6O3. The second-order valence-electron chi connectivity index (χ2n) is 6.34. The molecule has 0 saturated carbocycles. The van der Waals surface area contributed by atoms with Gasteiger partial charge in [-0.2, -0.15) is 9.78 Å². The molecule has 146 valence electrons. The normalized spacial score (nSPS) is 10.9. The minimum absolute atomic E-state index is 0.0902. The van der Waals surface area contributed by atoms with Gasteiger partial charge in [-0.05, 0) is 35.0 Å². The number of carbonyl (C=O) groups excluding carboxylic acids is 1. The zero-order valence-electron chi connectivity index (χ0n) is 15.7. The summed E-state index contributed by atoms with van der Waals surface area (Å²) in [4.78, 5) is 25.3. The van der Waals surface area contributed by atoms with Crippen molar-refractivity contribution in [2.24, 2.45) is 0 Å². The predicted molar refractivity (Wildman–Crippen MR) is 105 cm³/mol. The maximum Gasteiger partial charge on any atom is 0.359 e. The summed E-state index contributed by atoms with van der Waals surface area (Å²) in [6.07, 6.45) is 0.714. The first-order valence-electron chi connectivity index (χ1n) is 9.18. The van der Waals surface area contributed by atoms with Crippen LogP contribution in [0.4, 0.5) is 0 Å². The molecule has 0 spiro atoms. The van der Waals surface area contributed by atoms with Crippen molar-refractivity contribution < 1.29 is 9.53 Å². The number of hydrogen-bond donors (Lipinski definition) is 0. The fourth-order valence-corrected chi connectivity index (χ4v) is 3.01. The van der Waals surface area contributed by atoms with Gasteiger partial charge in [0.25, 0.3) is 5.56 Å². The first-order valence-corrected chi connectivity index (χ1v) is 9.18. The highest BCUT2D eigenvalue weighted by molar-refractivity contribution is 6.02. The molecule has 0 radical (unpaired) electrons. The smallest absolute Gasteiger partial charge is 0.359 e. The molecule has 0 atom stereocenters. The number of hydrogen-bond acceptors (Lipinski definition) is 7. The van der Waals surface area contributed by atoms with Crippen LogP contribution >= 0.6 is 0 Å². The summed E-state index contributed by atoms with van der Waals surface area (Å²) in [5, 5.41) is 16.7. The van der Waals surface area contributed by atoms with Crippen LogP contribution in [-0.2, 0) is 17.9 Å². The summed E-state index contributed by atoms with van der Waals surface area (Å²) in [7, 11) is 0. The zero-order valence-corrected chi connectivity index (χ0v) is 15.7. The van der Waals surface area contributed by atoms with Gasteiger partial charge in [0.15, 0.2) is 18.1 Å². The molecule has 0 amide bonds. The van der Waals surface area contributed by atoms with E-state index in [1.807, 2.05) is 37.3 Å². The van der Waals surface area contributed by atoms with Gasteiger partial charge in [0.2, 0.25) is 0 Å². The van der Waals surface area contributed by atoms with Gasteiger partial charge in [-0.15, -0.1) is 5.10 Å². The molecule has 4 rings (SSSR count). The zero-order chi connectivity index (χ0) is 20.2. The van der Waals surface area contributed by atoms with Crippen LogP contribution in [0.15, 0.2) is 59.4 Å². The van der Waals surface area contributed by atoms with Gasteiger partial charge in [-0.25, -0.2) is 9.48 Å². The van der Waals surface area contributed by atoms with Crippen LogP contribution in [0.2, 0.25) is 0 Å². The van der Waals surface area contributed by atoms with E-state index in [4.69, 9.17) is 4.74 Å². The molecule has 9 nitrogen and oxygen atoms in total. The standard InChI is InChI=1S/C20H18N6O3/c1-2-12-25-19(27)16-11-7-6-10-15(16)18(22-25)20(28)29-13-17-21-23-24-26(17)14-8-4-3-5-9-14/h3-11H,2,12-13H2,1H3. The number of nitrogens with zero attached hydrogens (tertiary/aromatic N) is 6. The molecule has 2 heterocycles. The molecular weight excluding hydrogens is 372 g/mol. The SMILES string of the molecule is CCCn1nc(C(=O)OCc2nnnn2-c2ccccc2)c2ccccc2c1=O. The Morgan fingerprint density at radius 1 is 1.03 bits per heavy atom. The lowest BCUT2D eigenvalue weighted by Crippen LogP contribution is -2.26. The quantitative estimate of drug-likeness (QED) is 0.465. The largest absolute Gasteiger partial charge is 0.453 e. The third kappa shape index (κ3) is 3.62. The molecule has 0 unspecified atom stereocenters. The lowest BCUT2D eigenvalue weighted by molar-refractivity contribution is 0.0452. The molecule has 9 heteroatoms. The van der Waals surface area contributed by atoms with Crippen LogP contribution in [0.25, 0.3) is 16.5 Å². The Bertz CT molecular complexity index is 1220. The van der Waals surface area contributed by atoms with Gasteiger partial charge >= 0.3 is 5.97 Å². The molecule has 4 aromatic rings. The van der Waals surface area contributed by atoms with Gasteiger partial charge in [-0.3, -0.25) is 4.79 Å². The van der Waals surface area contributed by atoms with Gasteiger partial charge in [0.05, 0.1) is 11.1 Å². The molecule has 0 saturated heterocycles. The number of aromatic nitrogens is 6. The third-order valence-corrected chi connectivity index (χ3v) is 4.36. The topological polar surface area (TPSA) is 105 Å². The van der Waals surface area contributed by atoms with Crippen molar-refractivity contribution in [1.82, 2.24) is 30.0 Å². The molecule has 0 aliphatic heterocycles. The number of esters is 1. The molecule has 0 N–H and O–H groups in total. The summed E-state index contributed by atoms with van der Waals surface area (Å²) in [6, 6.07) is 16.2. The molecule has 0 aliphatic carbocycles. The average molecular weight is 390 g/mol. The van der Waals surface area contributed by atoms with Crippen LogP contribution in [0.3, 0.4) is 0 Å². The van der Waals surface area contributed by atoms with E-state index in [-0.39, 0.29) is 17.9 Å². The maximum absolute atomic E-state index is 12.8. The van der Waals surface area contributed by atoms with Gasteiger partial charge in [0, 0.05) is 11.9 Å². The highest BCUT2D eigenvalue weighted by atomic mass is 16.5. The number of carbonyl (C=O) groups is 1. The van der Waals surface area contributed by atoms with Crippen molar-refractivity contribution in [3.8, 4) is 5.69 Å². The molecule has 2 aromatic heterocycles. The number of rotatable bonds is 6. The molecule has 0 fully saturated rings. The Hall–Kier alpha value is -3.88. The highest BCUT2D eigenvalue weighted by Gasteiger charge is 2.19. The Morgan fingerprint density at radius 2 is 1.76 bits per heavy atom. The van der Waals surface area contributed by atoms with Crippen molar-refractivity contribution in [2.75, 3.05) is 0 Å². The number of ether oxygens (including phenoxy) is 1. The van der Waals surface area contributed by atoms with Crippen LogP contribution in [-0.4, -0.2) is 36.0 Å². The van der Waals surface area contributed by atoms with E-state index in [0.717, 1.165) is 5.69 Å². The van der Waals surface area contributed by atoms with Crippen molar-refractivity contribution in [1.29, 1.82) is 0 Å². The lowest BCUT2D eigenvalue weighted by Gasteiger charge is -2.10. The summed E-state index contributed by atoms with van der Waals surface area (Å²) in [5.74, 6) is -0.274. The van der Waals surface area contributed by atoms with E-state index in [0.29, 0.717) is 29.6 Å². The summed E-state index contributed by atoms with van der Waals surface area (Å²) < 4.78 is 8.23. The molecule has 0 aliphatic rings. The number of fused-ring (bicyclic) bond motifs is 1. The Morgan fingerprint density at radius 3 is 2.52 bits per heavy atom. The molecule has 29 heavy (non-hydrogen) atoms. The first kappa shape index (κ1) is 18.5. The summed E-state index contributed by atoms with van der Waals surface area (Å²) >= 11 is 0. The molecule has 2 aromatic carbocycles. The van der Waals surface area contributed by atoms with Gasteiger partial charge in [0.1, 0.15) is 0 Å². The highest BCUT2D eigenvalue weighted by Crippen LogP contribution is 2.15. The second kappa shape index (κ2) is 8.01. The van der Waals surface area contributed by atoms with Crippen molar-refractivity contribution >= 4 is 16.7 Å². The Balaban J connectivity index is 1.64.